The molecule has 0 radical (unpaired) electrons. The monoisotopic (exact) mass is 1530 g/mol. The highest BCUT2D eigenvalue weighted by Gasteiger charge is 2.30. The lowest BCUT2D eigenvalue weighted by molar-refractivity contribution is -0.161. The number of carbonyl (C=O) groups excluding carboxylic acids is 4. The Morgan fingerprint density at radius 2 is 0.514 bits per heavy atom. The van der Waals surface area contributed by atoms with E-state index >= 15 is 0 Å². The molecule has 620 valence electrons. The average molecular weight is 1530 g/mol. The van der Waals surface area contributed by atoms with Crippen LogP contribution >= 0.6 is 15.6 Å². The normalized spacial score (nSPS) is 13.9. The van der Waals surface area contributed by atoms with Gasteiger partial charge in [-0.25, -0.2) is 9.13 Å². The van der Waals surface area contributed by atoms with Gasteiger partial charge < -0.3 is 33.8 Å². The Balaban J connectivity index is 5.24. The number of esters is 4. The lowest BCUT2D eigenvalue weighted by Gasteiger charge is -2.21. The topological polar surface area (TPSA) is 237 Å². The van der Waals surface area contributed by atoms with E-state index in [0.29, 0.717) is 31.6 Å². The van der Waals surface area contributed by atoms with Gasteiger partial charge in [-0.1, -0.05) is 386 Å². The van der Waals surface area contributed by atoms with Gasteiger partial charge in [0.1, 0.15) is 19.3 Å². The SMILES string of the molecule is CCCCCC/C=C\C=C/CCCCCCCC(=O)O[C@H](COC(=O)CCCCCCCCCC(C)C)COP(=O)(O)OC[C@H](O)COP(=O)(O)OC[C@@H](COC(=O)CCCCCCCCCCCCCCCCCCCC)OC(=O)CCCCCCCCCCCCCCCCCCCCCCCC. The number of aliphatic hydroxyl groups excluding tert-OH is 1. The predicted molar refractivity (Wildman–Crippen MR) is 432 cm³/mol. The van der Waals surface area contributed by atoms with E-state index in [4.69, 9.17) is 37.0 Å². The maximum absolute atomic E-state index is 13.1. The van der Waals surface area contributed by atoms with Gasteiger partial charge in [-0.05, 0) is 57.3 Å². The summed E-state index contributed by atoms with van der Waals surface area (Å²) in [6, 6.07) is 0. The minimum atomic E-state index is -4.97. The van der Waals surface area contributed by atoms with Gasteiger partial charge in [-0.2, -0.15) is 0 Å². The predicted octanol–water partition coefficient (Wildman–Crippen LogP) is 25.9. The number of rotatable bonds is 84. The molecule has 0 spiro atoms. The van der Waals surface area contributed by atoms with Crippen molar-refractivity contribution in [1.82, 2.24) is 0 Å². The van der Waals surface area contributed by atoms with Gasteiger partial charge in [0.2, 0.25) is 0 Å². The average Bonchev–Trinajstić information content (AvgIpc) is 0.985. The summed E-state index contributed by atoms with van der Waals surface area (Å²) >= 11 is 0. The first kappa shape index (κ1) is 103. The molecule has 0 heterocycles. The Hall–Kier alpha value is -2.46. The van der Waals surface area contributed by atoms with E-state index in [9.17, 15) is 43.2 Å². The number of allylic oxidation sites excluding steroid dienone is 4. The Bertz CT molecular complexity index is 2090. The van der Waals surface area contributed by atoms with Gasteiger partial charge >= 0.3 is 39.5 Å². The summed E-state index contributed by atoms with van der Waals surface area (Å²) in [5.41, 5.74) is 0. The lowest BCUT2D eigenvalue weighted by Crippen LogP contribution is -2.30. The van der Waals surface area contributed by atoms with Crippen molar-refractivity contribution in [3.8, 4) is 0 Å². The summed E-state index contributed by atoms with van der Waals surface area (Å²) in [6.07, 6.45) is 74.6. The highest BCUT2D eigenvalue weighted by molar-refractivity contribution is 7.47. The molecule has 0 aromatic rings. The first-order chi connectivity index (χ1) is 51.0. The molecule has 0 bridgehead atoms. The van der Waals surface area contributed by atoms with Crippen molar-refractivity contribution in [2.24, 2.45) is 5.92 Å². The molecule has 105 heavy (non-hydrogen) atoms. The van der Waals surface area contributed by atoms with E-state index < -0.39 is 97.5 Å². The first-order valence-corrected chi connectivity index (χ1v) is 46.9. The van der Waals surface area contributed by atoms with E-state index in [0.717, 1.165) is 109 Å². The number of hydrogen-bond donors (Lipinski definition) is 3. The number of phosphoric acid groups is 2. The molecule has 0 aromatic carbocycles. The molecule has 0 aliphatic rings. The zero-order valence-corrected chi connectivity index (χ0v) is 70.1. The molecule has 0 aromatic heterocycles. The molecule has 17 nitrogen and oxygen atoms in total. The molecule has 5 atom stereocenters. The number of hydrogen-bond acceptors (Lipinski definition) is 15. The van der Waals surface area contributed by atoms with Gasteiger partial charge in [0.15, 0.2) is 12.2 Å². The summed E-state index contributed by atoms with van der Waals surface area (Å²) < 4.78 is 68.8. The standard InChI is InChI=1S/C86H164O17P2/c1-6-9-12-15-18-21-24-27-30-32-34-35-36-37-39-42-45-48-51-56-62-67-72-85(90)102-81(75-96-83(88)69-64-59-54-49-46-43-41-38-33-31-28-25-22-19-16-13-10-7-2)77-100-104(92,93)98-73-80(87)74-99-105(94,95)101-78-82(76-97-84(89)70-65-60-57-52-53-58-63-68-79(4)5)103-86(91)71-66-61-55-50-47-44-40-29-26-23-20-17-14-11-8-3/h23,26,29,40,79-82,87H,6-22,24-25,27-28,30-39,41-78H2,1-5H3,(H,92,93)(H,94,95)/b26-23-,40-29-/t80-,81-,82-/m1/s1. The zero-order chi connectivity index (χ0) is 76.9. The molecule has 0 saturated carbocycles. The molecule has 0 fully saturated rings. The van der Waals surface area contributed by atoms with Gasteiger partial charge in [0, 0.05) is 25.7 Å². The smallest absolute Gasteiger partial charge is 0.462 e. The molecule has 3 N–H and O–H groups in total. The van der Waals surface area contributed by atoms with Crippen LogP contribution in [0.25, 0.3) is 0 Å². The van der Waals surface area contributed by atoms with E-state index in [2.05, 4.69) is 58.9 Å². The quantitative estimate of drug-likeness (QED) is 0.0169. The van der Waals surface area contributed by atoms with Crippen LogP contribution in [-0.2, 0) is 65.4 Å². The molecule has 0 aliphatic carbocycles. The fourth-order valence-electron chi connectivity index (χ4n) is 12.9. The molecule has 2 unspecified atom stereocenters. The summed E-state index contributed by atoms with van der Waals surface area (Å²) in [7, 11) is -9.94. The first-order valence-electron chi connectivity index (χ1n) is 44.0. The highest BCUT2D eigenvalue weighted by atomic mass is 31.2. The summed E-state index contributed by atoms with van der Waals surface area (Å²) in [6.45, 7) is 7.23. The fraction of sp³-hybridized carbons (Fsp3) is 0.907. The second-order valence-electron chi connectivity index (χ2n) is 30.7. The maximum atomic E-state index is 13.1. The van der Waals surface area contributed by atoms with Crippen molar-refractivity contribution in [3.63, 3.8) is 0 Å². The van der Waals surface area contributed by atoms with Gasteiger partial charge in [-0.3, -0.25) is 37.3 Å². The molecule has 0 amide bonds. The minimum absolute atomic E-state index is 0.0847. The summed E-state index contributed by atoms with van der Waals surface area (Å²) in [5.74, 6) is -1.43. The number of carbonyl (C=O) groups is 4. The molecule has 0 rings (SSSR count). The van der Waals surface area contributed by atoms with Crippen molar-refractivity contribution >= 4 is 39.5 Å². The minimum Gasteiger partial charge on any atom is -0.462 e. The number of ether oxygens (including phenoxy) is 4. The Kier molecular flexibility index (Phi) is 76.4. The van der Waals surface area contributed by atoms with Crippen LogP contribution < -0.4 is 0 Å². The fourth-order valence-corrected chi connectivity index (χ4v) is 14.5. The van der Waals surface area contributed by atoms with E-state index in [1.165, 1.54) is 244 Å². The largest absolute Gasteiger partial charge is 0.472 e. The number of aliphatic hydroxyl groups is 1. The third-order valence-corrected chi connectivity index (χ3v) is 21.6. The van der Waals surface area contributed by atoms with Crippen LogP contribution in [-0.4, -0.2) is 96.7 Å². The van der Waals surface area contributed by atoms with Gasteiger partial charge in [0.25, 0.3) is 0 Å². The van der Waals surface area contributed by atoms with Crippen LogP contribution in [0.15, 0.2) is 24.3 Å². The maximum Gasteiger partial charge on any atom is 0.472 e. The molecular weight excluding hydrogens is 1370 g/mol. The third-order valence-electron chi connectivity index (χ3n) is 19.7. The number of phosphoric ester groups is 2. The summed E-state index contributed by atoms with van der Waals surface area (Å²) in [5, 5.41) is 10.7. The van der Waals surface area contributed by atoms with E-state index in [1.54, 1.807) is 0 Å². The third kappa shape index (κ3) is 79.4. The van der Waals surface area contributed by atoms with Crippen LogP contribution in [0.2, 0.25) is 0 Å². The molecule has 0 aliphatic heterocycles. The van der Waals surface area contributed by atoms with Gasteiger partial charge in [0.05, 0.1) is 26.4 Å². The molecular formula is C86H164O17P2. The van der Waals surface area contributed by atoms with Gasteiger partial charge in [-0.15, -0.1) is 0 Å². The number of unbranched alkanes of at least 4 members (excludes halogenated alkanes) is 53. The van der Waals surface area contributed by atoms with Crippen LogP contribution in [0.5, 0.6) is 0 Å². The highest BCUT2D eigenvalue weighted by Crippen LogP contribution is 2.45. The second-order valence-corrected chi connectivity index (χ2v) is 33.6. The Morgan fingerprint density at radius 1 is 0.295 bits per heavy atom. The van der Waals surface area contributed by atoms with Crippen LogP contribution in [0, 0.1) is 5.92 Å². The van der Waals surface area contributed by atoms with Crippen molar-refractivity contribution in [3.05, 3.63) is 24.3 Å². The van der Waals surface area contributed by atoms with Crippen LogP contribution in [0.3, 0.4) is 0 Å². The molecule has 0 saturated heterocycles. The van der Waals surface area contributed by atoms with E-state index in [1.807, 2.05) is 0 Å². The van der Waals surface area contributed by atoms with Crippen molar-refractivity contribution < 1.29 is 80.2 Å². The molecule has 19 heteroatoms. The van der Waals surface area contributed by atoms with Crippen molar-refractivity contribution in [1.29, 1.82) is 0 Å². The zero-order valence-electron chi connectivity index (χ0n) is 68.4. The lowest BCUT2D eigenvalue weighted by atomic mass is 10.0. The van der Waals surface area contributed by atoms with E-state index in [-0.39, 0.29) is 25.7 Å². The van der Waals surface area contributed by atoms with Crippen LogP contribution in [0.4, 0.5) is 0 Å². The van der Waals surface area contributed by atoms with Crippen molar-refractivity contribution in [2.75, 3.05) is 39.6 Å². The Morgan fingerprint density at radius 3 is 0.781 bits per heavy atom. The Labute approximate surface area is 643 Å². The summed E-state index contributed by atoms with van der Waals surface area (Å²) in [4.78, 5) is 73.1. The van der Waals surface area contributed by atoms with Crippen molar-refractivity contribution in [2.45, 2.75) is 457 Å². The van der Waals surface area contributed by atoms with Crippen LogP contribution in [0.1, 0.15) is 439 Å². The second kappa shape index (κ2) is 78.2.